The lowest BCUT2D eigenvalue weighted by molar-refractivity contribution is -0.144. The van der Waals surface area contributed by atoms with Crippen LogP contribution in [0.25, 0.3) is 0 Å². The topological polar surface area (TPSA) is 134 Å². The van der Waals surface area contributed by atoms with E-state index in [0.717, 1.165) is 0 Å². The molecule has 0 aliphatic heterocycles. The number of amides is 3. The summed E-state index contributed by atoms with van der Waals surface area (Å²) >= 11 is 0. The van der Waals surface area contributed by atoms with Crippen molar-refractivity contribution < 1.29 is 33.8 Å². The van der Waals surface area contributed by atoms with E-state index in [0.29, 0.717) is 0 Å². The van der Waals surface area contributed by atoms with Gasteiger partial charge < -0.3 is 30.1 Å². The van der Waals surface area contributed by atoms with Crippen molar-refractivity contribution in [3.63, 3.8) is 0 Å². The zero-order valence-electron chi connectivity index (χ0n) is 21.7. The van der Waals surface area contributed by atoms with Crippen LogP contribution >= 0.6 is 0 Å². The van der Waals surface area contributed by atoms with Gasteiger partial charge in [-0.2, -0.15) is 0 Å². The number of esters is 1. The number of nitrogens with zero attached hydrogens (tertiary/aromatic N) is 1. The Balaban J connectivity index is 3.25. The summed E-state index contributed by atoms with van der Waals surface area (Å²) in [4.78, 5) is 52.2. The van der Waals surface area contributed by atoms with Crippen LogP contribution in [0.15, 0.2) is 24.3 Å². The largest absolute Gasteiger partial charge is 0.508 e. The summed E-state index contributed by atoms with van der Waals surface area (Å²) in [5.41, 5.74) is -0.535. The molecule has 10 heteroatoms. The number of phenolic OH excluding ortho intramolecular Hbond substituents is 1. The Morgan fingerprint density at radius 3 is 2.23 bits per heavy atom. The molecule has 1 aromatic rings. The van der Waals surface area contributed by atoms with Gasteiger partial charge in [0, 0.05) is 18.7 Å². The van der Waals surface area contributed by atoms with Gasteiger partial charge in [0.2, 0.25) is 11.8 Å². The summed E-state index contributed by atoms with van der Waals surface area (Å²) in [6.45, 7) is 12.4. The van der Waals surface area contributed by atoms with Gasteiger partial charge in [-0.15, -0.1) is 0 Å². The van der Waals surface area contributed by atoms with Crippen molar-refractivity contribution in [3.05, 3.63) is 29.8 Å². The number of para-hydroxylation sites is 1. The van der Waals surface area contributed by atoms with Gasteiger partial charge in [0.15, 0.2) is 0 Å². The lowest BCUT2D eigenvalue weighted by atomic mass is 9.98. The lowest BCUT2D eigenvalue weighted by Gasteiger charge is -2.35. The number of rotatable bonds is 11. The van der Waals surface area contributed by atoms with Crippen molar-refractivity contribution in [3.8, 4) is 5.75 Å². The van der Waals surface area contributed by atoms with E-state index in [-0.39, 0.29) is 43.3 Å². The summed E-state index contributed by atoms with van der Waals surface area (Å²) in [6.07, 6.45) is -0.791. The van der Waals surface area contributed by atoms with Crippen molar-refractivity contribution in [2.24, 2.45) is 5.92 Å². The molecule has 0 aromatic heterocycles. The molecular formula is C25H39N3O7. The second kappa shape index (κ2) is 13.6. The highest BCUT2D eigenvalue weighted by molar-refractivity contribution is 5.92. The van der Waals surface area contributed by atoms with E-state index in [1.165, 1.54) is 11.0 Å². The first-order valence-electron chi connectivity index (χ1n) is 11.8. The summed E-state index contributed by atoms with van der Waals surface area (Å²) in [7, 11) is 0. The smallest absolute Gasteiger partial charge is 0.408 e. The van der Waals surface area contributed by atoms with Gasteiger partial charge in [-0.05, 0) is 46.6 Å². The van der Waals surface area contributed by atoms with Gasteiger partial charge in [0.05, 0.1) is 13.0 Å². The molecule has 0 heterocycles. The maximum absolute atomic E-state index is 13.6. The molecule has 0 aliphatic rings. The Bertz CT molecular complexity index is 880. The Morgan fingerprint density at radius 2 is 1.71 bits per heavy atom. The molecule has 0 spiro atoms. The monoisotopic (exact) mass is 493 g/mol. The first-order valence-corrected chi connectivity index (χ1v) is 11.8. The van der Waals surface area contributed by atoms with Crippen LogP contribution in [0.5, 0.6) is 5.75 Å². The third-order valence-electron chi connectivity index (χ3n) is 4.95. The fraction of sp³-hybridized carbons (Fsp3) is 0.600. The molecule has 3 amide bonds. The molecule has 2 atom stereocenters. The molecule has 0 aliphatic carbocycles. The van der Waals surface area contributed by atoms with E-state index < -0.39 is 41.6 Å². The summed E-state index contributed by atoms with van der Waals surface area (Å²) < 4.78 is 10.2. The molecule has 3 N–H and O–H groups in total. The van der Waals surface area contributed by atoms with E-state index in [4.69, 9.17) is 9.47 Å². The number of aromatic hydroxyl groups is 1. The zero-order valence-corrected chi connectivity index (χ0v) is 21.7. The van der Waals surface area contributed by atoms with Crippen LogP contribution in [0.3, 0.4) is 0 Å². The highest BCUT2D eigenvalue weighted by atomic mass is 16.6. The Kier molecular flexibility index (Phi) is 11.5. The van der Waals surface area contributed by atoms with E-state index in [2.05, 4.69) is 10.6 Å². The average molecular weight is 494 g/mol. The second-order valence-corrected chi connectivity index (χ2v) is 9.30. The van der Waals surface area contributed by atoms with Gasteiger partial charge in [-0.25, -0.2) is 4.79 Å². The summed E-state index contributed by atoms with van der Waals surface area (Å²) in [5.74, 6) is -2.03. The molecule has 0 fully saturated rings. The van der Waals surface area contributed by atoms with Gasteiger partial charge in [-0.1, -0.05) is 32.0 Å². The molecule has 10 nitrogen and oxygen atoms in total. The number of likely N-dealkylation sites (N-methyl/N-ethyl adjacent to an activating group) is 1. The van der Waals surface area contributed by atoms with Crippen LogP contribution in [-0.2, 0) is 23.9 Å². The number of hydrogen-bond acceptors (Lipinski definition) is 7. The minimum Gasteiger partial charge on any atom is -0.508 e. The second-order valence-electron chi connectivity index (χ2n) is 9.30. The molecule has 0 bridgehead atoms. The summed E-state index contributed by atoms with van der Waals surface area (Å²) in [5, 5.41) is 15.7. The van der Waals surface area contributed by atoms with Crippen LogP contribution in [-0.4, -0.2) is 65.2 Å². The van der Waals surface area contributed by atoms with Gasteiger partial charge >= 0.3 is 12.1 Å². The minimum absolute atomic E-state index is 0.00270. The molecular weight excluding hydrogens is 454 g/mol. The van der Waals surface area contributed by atoms with Crippen molar-refractivity contribution in [2.45, 2.75) is 72.6 Å². The molecule has 0 saturated heterocycles. The molecule has 1 rings (SSSR count). The number of alkyl carbamates (subject to hydrolysis) is 1. The molecule has 196 valence electrons. The Morgan fingerprint density at radius 1 is 1.09 bits per heavy atom. The summed E-state index contributed by atoms with van der Waals surface area (Å²) in [6, 6.07) is 4.04. The highest BCUT2D eigenvalue weighted by Gasteiger charge is 2.37. The highest BCUT2D eigenvalue weighted by Crippen LogP contribution is 2.30. The maximum Gasteiger partial charge on any atom is 0.408 e. The van der Waals surface area contributed by atoms with Crippen molar-refractivity contribution in [1.29, 1.82) is 0 Å². The van der Waals surface area contributed by atoms with Crippen LogP contribution in [0.4, 0.5) is 4.79 Å². The fourth-order valence-electron chi connectivity index (χ4n) is 3.38. The molecule has 2 unspecified atom stereocenters. The minimum atomic E-state index is -1.20. The lowest BCUT2D eigenvalue weighted by Crippen LogP contribution is -2.54. The normalized spacial score (nSPS) is 12.9. The van der Waals surface area contributed by atoms with E-state index in [9.17, 15) is 24.3 Å². The fourth-order valence-corrected chi connectivity index (χ4v) is 3.38. The number of benzene rings is 1. The molecule has 1 aromatic carbocycles. The van der Waals surface area contributed by atoms with Crippen molar-refractivity contribution in [2.75, 3.05) is 19.7 Å². The Hall–Kier alpha value is -3.30. The number of nitrogens with one attached hydrogen (secondary N) is 2. The van der Waals surface area contributed by atoms with Crippen LogP contribution in [0.2, 0.25) is 0 Å². The van der Waals surface area contributed by atoms with Crippen LogP contribution in [0, 0.1) is 5.92 Å². The van der Waals surface area contributed by atoms with Crippen molar-refractivity contribution in [1.82, 2.24) is 15.5 Å². The maximum atomic E-state index is 13.6. The third-order valence-corrected chi connectivity index (χ3v) is 4.95. The average Bonchev–Trinajstić information content (AvgIpc) is 2.74. The number of carbonyl (C=O) groups excluding carboxylic acids is 4. The molecule has 35 heavy (non-hydrogen) atoms. The zero-order chi connectivity index (χ0) is 26.8. The molecule has 0 radical (unpaired) electrons. The van der Waals surface area contributed by atoms with Gasteiger partial charge in [-0.3, -0.25) is 14.4 Å². The number of hydrogen-bond donors (Lipinski definition) is 3. The first-order chi connectivity index (χ1) is 16.3. The first kappa shape index (κ1) is 29.7. The van der Waals surface area contributed by atoms with Gasteiger partial charge in [0.1, 0.15) is 23.4 Å². The van der Waals surface area contributed by atoms with E-state index in [1.54, 1.807) is 66.7 Å². The van der Waals surface area contributed by atoms with Gasteiger partial charge in [0.25, 0.3) is 0 Å². The third kappa shape index (κ3) is 9.46. The standard InChI is InChI=1S/C25H39N3O7/c1-8-28(23(32)20(16(3)4)27-24(33)35-25(5,6)7)21(17-12-10-11-13-18(17)29)22(31)26-15-14-19(30)34-9-2/h10-13,16,20-21,29H,8-9,14-15H2,1-7H3,(H,26,31)(H,27,33). The molecule has 0 saturated carbocycles. The quantitative estimate of drug-likeness (QED) is 0.404. The predicted octanol–water partition coefficient (Wildman–Crippen LogP) is 2.90. The van der Waals surface area contributed by atoms with Crippen LogP contribution < -0.4 is 10.6 Å². The van der Waals surface area contributed by atoms with E-state index >= 15 is 0 Å². The number of ether oxygens (including phenoxy) is 2. The Labute approximate surface area is 207 Å². The van der Waals surface area contributed by atoms with Crippen molar-refractivity contribution >= 4 is 23.9 Å². The van der Waals surface area contributed by atoms with Crippen LogP contribution in [0.1, 0.15) is 66.5 Å². The van der Waals surface area contributed by atoms with E-state index in [1.807, 2.05) is 0 Å². The number of phenols is 1. The number of carbonyl (C=O) groups is 4. The SMILES string of the molecule is CCOC(=O)CCNC(=O)C(c1ccccc1O)N(CC)C(=O)C(NC(=O)OC(C)(C)C)C(C)C. The predicted molar refractivity (Wildman–Crippen MR) is 130 cm³/mol.